The summed E-state index contributed by atoms with van der Waals surface area (Å²) in [6.45, 7) is 3.62. The summed E-state index contributed by atoms with van der Waals surface area (Å²) in [5.41, 5.74) is 3.49. The zero-order chi connectivity index (χ0) is 24.2. The van der Waals surface area contributed by atoms with E-state index < -0.39 is 0 Å². The van der Waals surface area contributed by atoms with Gasteiger partial charge in [0.2, 0.25) is 0 Å². The molecule has 35 heavy (non-hydrogen) atoms. The summed E-state index contributed by atoms with van der Waals surface area (Å²) in [4.78, 5) is 16.9. The first-order chi connectivity index (χ1) is 17.0. The van der Waals surface area contributed by atoms with Crippen molar-refractivity contribution in [2.24, 2.45) is 0 Å². The summed E-state index contributed by atoms with van der Waals surface area (Å²) >= 11 is 12.2. The number of nitrogens with one attached hydrogen (secondary N) is 1. The van der Waals surface area contributed by atoms with Crippen molar-refractivity contribution >= 4 is 46.0 Å². The van der Waals surface area contributed by atoms with Gasteiger partial charge in [-0.3, -0.25) is 10.2 Å². The van der Waals surface area contributed by atoms with Gasteiger partial charge in [-0.2, -0.15) is 0 Å². The van der Waals surface area contributed by atoms with Gasteiger partial charge in [-0.25, -0.2) is 4.79 Å². The molecule has 1 aliphatic heterocycles. The minimum absolute atomic E-state index is 0.165. The lowest BCUT2D eigenvalue weighted by Crippen LogP contribution is -2.49. The summed E-state index contributed by atoms with van der Waals surface area (Å²) in [6, 6.07) is 20.8. The summed E-state index contributed by atoms with van der Waals surface area (Å²) < 4.78 is 5.27. The number of rotatable bonds is 3. The fraction of sp³-hybridized carbons (Fsp3) is 0.185. The van der Waals surface area contributed by atoms with Crippen LogP contribution in [0.2, 0.25) is 10.0 Å². The Morgan fingerprint density at radius 1 is 0.971 bits per heavy atom. The van der Waals surface area contributed by atoms with Crippen LogP contribution in [-0.2, 0) is 6.54 Å². The molecule has 176 valence electrons. The van der Waals surface area contributed by atoms with Gasteiger partial charge in [0.1, 0.15) is 0 Å². The quantitative estimate of drug-likeness (QED) is 0.353. The Hall–Kier alpha value is -3.50. The molecule has 0 radical (unpaired) electrons. The highest BCUT2D eigenvalue weighted by molar-refractivity contribution is 6.35. The number of fused-ring (bicyclic) bond motifs is 1. The van der Waals surface area contributed by atoms with Gasteiger partial charge in [0.25, 0.3) is 0 Å². The van der Waals surface area contributed by atoms with E-state index >= 15 is 0 Å². The molecule has 2 amide bonds. The number of hydrogen-bond donors (Lipinski definition) is 1. The molecule has 0 spiro atoms. The van der Waals surface area contributed by atoms with E-state index in [0.717, 1.165) is 36.1 Å². The Bertz CT molecular complexity index is 1430. The average molecular weight is 505 g/mol. The molecule has 1 N–H and O–H groups in total. The first-order valence-electron chi connectivity index (χ1n) is 11.2. The number of benzene rings is 3. The number of piperazine rings is 1. The minimum atomic E-state index is -0.165. The molecule has 1 aliphatic rings. The Morgan fingerprint density at radius 2 is 1.80 bits per heavy atom. The fourth-order valence-electron chi connectivity index (χ4n) is 4.00. The van der Waals surface area contributed by atoms with E-state index in [1.165, 1.54) is 5.56 Å². The average Bonchev–Trinajstić information content (AvgIpc) is 3.27. The van der Waals surface area contributed by atoms with Crippen LogP contribution in [0, 0.1) is 11.8 Å². The van der Waals surface area contributed by atoms with E-state index in [2.05, 4.69) is 39.3 Å². The van der Waals surface area contributed by atoms with E-state index in [0.29, 0.717) is 34.5 Å². The van der Waals surface area contributed by atoms with Crippen molar-refractivity contribution in [2.75, 3.05) is 31.5 Å². The first-order valence-corrected chi connectivity index (χ1v) is 12.0. The second-order valence-electron chi connectivity index (χ2n) is 8.30. The minimum Gasteiger partial charge on any atom is -0.354 e. The van der Waals surface area contributed by atoms with Gasteiger partial charge in [-0.05, 0) is 48.0 Å². The molecule has 6 nitrogen and oxygen atoms in total. The standard InChI is InChI=1S/C27H22Cl2N4O2/c28-22-11-10-21(24(29)17-22)9-8-19-4-3-5-20(16-19)18-32-12-14-33(15-13-32)27(34)30-26-23-6-1-2-7-25(23)35-31-26/h1-7,10-11,16-17H,12-15,18H2,(H,30,31,34). The first kappa shape index (κ1) is 23.3. The maximum Gasteiger partial charge on any atom is 0.323 e. The third kappa shape index (κ3) is 5.60. The maximum absolute atomic E-state index is 12.7. The van der Waals surface area contributed by atoms with Gasteiger partial charge >= 0.3 is 6.03 Å². The molecule has 5 rings (SSSR count). The molecular formula is C27H22Cl2N4O2. The highest BCUT2D eigenvalue weighted by atomic mass is 35.5. The second-order valence-corrected chi connectivity index (χ2v) is 9.14. The predicted octanol–water partition coefficient (Wildman–Crippen LogP) is 5.88. The SMILES string of the molecule is O=C(Nc1noc2ccccc12)N1CCN(Cc2cccc(C#Cc3ccc(Cl)cc3Cl)c2)CC1. The predicted molar refractivity (Wildman–Crippen MR) is 139 cm³/mol. The van der Waals surface area contributed by atoms with Gasteiger partial charge in [0, 0.05) is 48.9 Å². The molecule has 2 heterocycles. The van der Waals surface area contributed by atoms with Gasteiger partial charge in [-0.1, -0.05) is 64.5 Å². The molecule has 0 aliphatic carbocycles. The van der Waals surface area contributed by atoms with E-state index in [-0.39, 0.29) is 6.03 Å². The number of aromatic nitrogens is 1. The normalized spacial score (nSPS) is 13.9. The monoisotopic (exact) mass is 504 g/mol. The molecule has 1 aromatic heterocycles. The Balaban J connectivity index is 1.16. The highest BCUT2D eigenvalue weighted by Gasteiger charge is 2.22. The molecule has 0 unspecified atom stereocenters. The van der Waals surface area contributed by atoms with Crippen LogP contribution in [0.3, 0.4) is 0 Å². The van der Waals surface area contributed by atoms with Gasteiger partial charge in [-0.15, -0.1) is 0 Å². The van der Waals surface area contributed by atoms with Crippen LogP contribution in [0.4, 0.5) is 10.6 Å². The maximum atomic E-state index is 12.7. The van der Waals surface area contributed by atoms with Gasteiger partial charge < -0.3 is 9.42 Å². The van der Waals surface area contributed by atoms with Crippen LogP contribution >= 0.6 is 23.2 Å². The molecule has 3 aromatic carbocycles. The number of para-hydroxylation sites is 1. The topological polar surface area (TPSA) is 61.6 Å². The van der Waals surface area contributed by atoms with E-state index in [9.17, 15) is 4.79 Å². The Kier molecular flexibility index (Phi) is 6.91. The third-order valence-corrected chi connectivity index (χ3v) is 6.42. The number of halogens is 2. The molecule has 0 atom stereocenters. The van der Waals surface area contributed by atoms with Crippen LogP contribution in [-0.4, -0.2) is 47.2 Å². The Labute approximate surface area is 213 Å². The van der Waals surface area contributed by atoms with Gasteiger partial charge in [0.15, 0.2) is 11.4 Å². The summed E-state index contributed by atoms with van der Waals surface area (Å²) in [5, 5.41) is 8.78. The van der Waals surface area contributed by atoms with Crippen molar-refractivity contribution < 1.29 is 9.32 Å². The van der Waals surface area contributed by atoms with Crippen LogP contribution in [0.25, 0.3) is 11.0 Å². The number of nitrogens with zero attached hydrogens (tertiary/aromatic N) is 3. The van der Waals surface area contributed by atoms with E-state index in [4.69, 9.17) is 27.7 Å². The molecule has 4 aromatic rings. The van der Waals surface area contributed by atoms with Crippen molar-refractivity contribution in [3.05, 3.63) is 93.5 Å². The number of anilines is 1. The van der Waals surface area contributed by atoms with Crippen molar-refractivity contribution in [3.63, 3.8) is 0 Å². The number of amides is 2. The van der Waals surface area contributed by atoms with Crippen LogP contribution < -0.4 is 5.32 Å². The summed E-state index contributed by atoms with van der Waals surface area (Å²) in [5.74, 6) is 6.75. The smallest absolute Gasteiger partial charge is 0.323 e. The summed E-state index contributed by atoms with van der Waals surface area (Å²) in [7, 11) is 0. The summed E-state index contributed by atoms with van der Waals surface area (Å²) in [6.07, 6.45) is 0. The second kappa shape index (κ2) is 10.4. The molecule has 1 fully saturated rings. The van der Waals surface area contributed by atoms with Gasteiger partial charge in [0.05, 0.1) is 10.4 Å². The third-order valence-electron chi connectivity index (χ3n) is 5.87. The lowest BCUT2D eigenvalue weighted by Gasteiger charge is -2.34. The van der Waals surface area contributed by atoms with Crippen molar-refractivity contribution in [2.45, 2.75) is 6.54 Å². The molecule has 1 saturated heterocycles. The number of hydrogen-bond acceptors (Lipinski definition) is 4. The zero-order valence-electron chi connectivity index (χ0n) is 18.8. The lowest BCUT2D eigenvalue weighted by atomic mass is 10.1. The van der Waals surface area contributed by atoms with Crippen molar-refractivity contribution in [1.82, 2.24) is 15.0 Å². The van der Waals surface area contributed by atoms with Crippen LogP contribution in [0.15, 0.2) is 71.3 Å². The fourth-order valence-corrected chi connectivity index (χ4v) is 4.46. The number of carbonyl (C=O) groups excluding carboxylic acids is 1. The van der Waals surface area contributed by atoms with Crippen LogP contribution in [0.5, 0.6) is 0 Å². The highest BCUT2D eigenvalue weighted by Crippen LogP contribution is 2.23. The Morgan fingerprint density at radius 3 is 2.63 bits per heavy atom. The molecule has 0 saturated carbocycles. The van der Waals surface area contributed by atoms with E-state index in [1.807, 2.05) is 42.5 Å². The molecular weight excluding hydrogens is 483 g/mol. The number of urea groups is 1. The van der Waals surface area contributed by atoms with E-state index in [1.54, 1.807) is 17.0 Å². The lowest BCUT2D eigenvalue weighted by molar-refractivity contribution is 0.143. The van der Waals surface area contributed by atoms with Crippen molar-refractivity contribution in [1.29, 1.82) is 0 Å². The van der Waals surface area contributed by atoms with Crippen LogP contribution in [0.1, 0.15) is 16.7 Å². The molecule has 8 heteroatoms. The molecule has 0 bridgehead atoms. The number of carbonyl (C=O) groups is 1. The van der Waals surface area contributed by atoms with Crippen molar-refractivity contribution in [3.8, 4) is 11.8 Å². The largest absolute Gasteiger partial charge is 0.354 e. The zero-order valence-corrected chi connectivity index (χ0v) is 20.3.